The largest absolute Gasteiger partial charge is 0.472 e. The molecule has 2 aromatic heterocycles. The standard InChI is InChI=1S/C17H13BrN4O3/c18-8-10-9-22-12-5-2-1-4-11(12)14(23)13(16(22)25-10)15(24)21-17-19-6-3-7-20-17/h1-7,10H,8-9H2,(H,19,20,21,24). The van der Waals surface area contributed by atoms with Gasteiger partial charge in [0.1, 0.15) is 11.7 Å². The van der Waals surface area contributed by atoms with Gasteiger partial charge in [0.15, 0.2) is 0 Å². The van der Waals surface area contributed by atoms with E-state index in [2.05, 4.69) is 31.2 Å². The molecular formula is C17H13BrN4O3. The summed E-state index contributed by atoms with van der Waals surface area (Å²) in [6.45, 7) is 0.559. The molecule has 7 nitrogen and oxygen atoms in total. The Kier molecular flexibility index (Phi) is 3.96. The Hall–Kier alpha value is -2.74. The molecule has 0 spiro atoms. The number of hydrogen-bond acceptors (Lipinski definition) is 5. The maximum absolute atomic E-state index is 12.9. The molecule has 1 atom stereocenters. The van der Waals surface area contributed by atoms with Gasteiger partial charge in [-0.15, -0.1) is 0 Å². The van der Waals surface area contributed by atoms with Crippen LogP contribution >= 0.6 is 15.9 Å². The fraction of sp³-hybridized carbons (Fsp3) is 0.176. The number of aromatic nitrogens is 3. The number of nitrogens with one attached hydrogen (secondary N) is 1. The van der Waals surface area contributed by atoms with Crippen molar-refractivity contribution in [2.45, 2.75) is 12.6 Å². The number of fused-ring (bicyclic) bond motifs is 3. The summed E-state index contributed by atoms with van der Waals surface area (Å²) in [7, 11) is 0. The number of halogens is 1. The first-order valence-electron chi connectivity index (χ1n) is 7.65. The number of ether oxygens (including phenoxy) is 1. The van der Waals surface area contributed by atoms with E-state index in [1.54, 1.807) is 18.2 Å². The monoisotopic (exact) mass is 400 g/mol. The van der Waals surface area contributed by atoms with Crippen molar-refractivity contribution in [2.24, 2.45) is 0 Å². The maximum Gasteiger partial charge on any atom is 0.267 e. The van der Waals surface area contributed by atoms with Gasteiger partial charge < -0.3 is 9.30 Å². The average molecular weight is 401 g/mol. The Balaban J connectivity index is 1.88. The molecule has 25 heavy (non-hydrogen) atoms. The zero-order chi connectivity index (χ0) is 17.4. The normalized spacial score (nSPS) is 15.6. The van der Waals surface area contributed by atoms with Crippen LogP contribution in [0.25, 0.3) is 10.9 Å². The second kappa shape index (κ2) is 6.29. The van der Waals surface area contributed by atoms with Gasteiger partial charge in [0.2, 0.25) is 17.3 Å². The van der Waals surface area contributed by atoms with E-state index in [-0.39, 0.29) is 28.9 Å². The maximum atomic E-state index is 12.9. The van der Waals surface area contributed by atoms with E-state index in [0.717, 1.165) is 5.52 Å². The highest BCUT2D eigenvalue weighted by molar-refractivity contribution is 9.09. The Bertz CT molecular complexity index is 1020. The molecular weight excluding hydrogens is 388 g/mol. The van der Waals surface area contributed by atoms with Crippen molar-refractivity contribution >= 4 is 38.7 Å². The first-order valence-corrected chi connectivity index (χ1v) is 8.77. The molecule has 1 unspecified atom stereocenters. The van der Waals surface area contributed by atoms with E-state index >= 15 is 0 Å². The van der Waals surface area contributed by atoms with E-state index in [0.29, 0.717) is 17.3 Å². The first kappa shape index (κ1) is 15.8. The van der Waals surface area contributed by atoms with Crippen LogP contribution in [-0.4, -0.2) is 31.9 Å². The molecule has 1 aliphatic rings. The van der Waals surface area contributed by atoms with Crippen molar-refractivity contribution in [1.29, 1.82) is 0 Å². The van der Waals surface area contributed by atoms with Crippen molar-refractivity contribution in [3.8, 4) is 5.88 Å². The van der Waals surface area contributed by atoms with Crippen LogP contribution < -0.4 is 15.5 Å². The van der Waals surface area contributed by atoms with Crippen molar-refractivity contribution in [3.63, 3.8) is 0 Å². The lowest BCUT2D eigenvalue weighted by molar-refractivity contribution is 0.102. The minimum Gasteiger partial charge on any atom is -0.472 e. The van der Waals surface area contributed by atoms with Crippen LogP contribution in [-0.2, 0) is 6.54 Å². The summed E-state index contributed by atoms with van der Waals surface area (Å²) >= 11 is 3.40. The van der Waals surface area contributed by atoms with Crippen molar-refractivity contribution in [1.82, 2.24) is 14.5 Å². The van der Waals surface area contributed by atoms with E-state index in [4.69, 9.17) is 4.74 Å². The van der Waals surface area contributed by atoms with E-state index < -0.39 is 5.91 Å². The number of para-hydroxylation sites is 1. The van der Waals surface area contributed by atoms with Crippen LogP contribution in [0, 0.1) is 0 Å². The summed E-state index contributed by atoms with van der Waals surface area (Å²) < 4.78 is 7.71. The lowest BCUT2D eigenvalue weighted by Gasteiger charge is -2.11. The Morgan fingerprint density at radius 1 is 1.28 bits per heavy atom. The van der Waals surface area contributed by atoms with Gasteiger partial charge in [-0.1, -0.05) is 28.1 Å². The van der Waals surface area contributed by atoms with Gasteiger partial charge in [0.25, 0.3) is 5.91 Å². The topological polar surface area (TPSA) is 86.1 Å². The van der Waals surface area contributed by atoms with Crippen molar-refractivity contribution < 1.29 is 9.53 Å². The summed E-state index contributed by atoms with van der Waals surface area (Å²) in [5.74, 6) is -0.170. The minimum absolute atomic E-state index is 0.0328. The molecule has 1 N–H and O–H groups in total. The molecule has 126 valence electrons. The number of rotatable bonds is 3. The van der Waals surface area contributed by atoms with Gasteiger partial charge in [-0.2, -0.15) is 0 Å². The predicted octanol–water partition coefficient (Wildman–Crippen LogP) is 2.20. The predicted molar refractivity (Wildman–Crippen MR) is 96.4 cm³/mol. The third kappa shape index (κ3) is 2.68. The molecule has 1 aliphatic heterocycles. The lowest BCUT2D eigenvalue weighted by Crippen LogP contribution is -2.25. The molecule has 0 radical (unpaired) electrons. The smallest absolute Gasteiger partial charge is 0.267 e. The number of nitrogens with zero attached hydrogens (tertiary/aromatic N) is 3. The molecule has 4 rings (SSSR count). The molecule has 0 bridgehead atoms. The Morgan fingerprint density at radius 3 is 2.80 bits per heavy atom. The summed E-state index contributed by atoms with van der Waals surface area (Å²) in [5, 5.41) is 3.63. The second-order valence-electron chi connectivity index (χ2n) is 5.56. The van der Waals surface area contributed by atoms with Gasteiger partial charge >= 0.3 is 0 Å². The number of anilines is 1. The third-order valence-corrected chi connectivity index (χ3v) is 4.70. The second-order valence-corrected chi connectivity index (χ2v) is 6.21. The average Bonchev–Trinajstić information content (AvgIpc) is 3.07. The zero-order valence-electron chi connectivity index (χ0n) is 13.0. The minimum atomic E-state index is -0.582. The third-order valence-electron chi connectivity index (χ3n) is 3.98. The first-order chi connectivity index (χ1) is 12.2. The lowest BCUT2D eigenvalue weighted by atomic mass is 10.1. The fourth-order valence-corrected chi connectivity index (χ4v) is 3.22. The van der Waals surface area contributed by atoms with E-state index in [9.17, 15) is 9.59 Å². The van der Waals surface area contributed by atoms with Gasteiger partial charge in [-0.05, 0) is 18.2 Å². The van der Waals surface area contributed by atoms with E-state index in [1.807, 2.05) is 16.7 Å². The number of carbonyl (C=O) groups excluding carboxylic acids is 1. The molecule has 3 heterocycles. The van der Waals surface area contributed by atoms with Gasteiger partial charge in [-0.25, -0.2) is 9.97 Å². The number of hydrogen-bond donors (Lipinski definition) is 1. The van der Waals surface area contributed by atoms with Crippen LogP contribution in [0.4, 0.5) is 5.95 Å². The number of amides is 1. The molecule has 3 aromatic rings. The fourth-order valence-electron chi connectivity index (χ4n) is 2.89. The van der Waals surface area contributed by atoms with Crippen LogP contribution in [0.3, 0.4) is 0 Å². The van der Waals surface area contributed by atoms with Crippen LogP contribution in [0.2, 0.25) is 0 Å². The number of alkyl halides is 1. The zero-order valence-corrected chi connectivity index (χ0v) is 14.6. The van der Waals surface area contributed by atoms with E-state index in [1.165, 1.54) is 12.4 Å². The molecule has 8 heteroatoms. The summed E-state index contributed by atoms with van der Waals surface area (Å²) in [6.07, 6.45) is 2.87. The highest BCUT2D eigenvalue weighted by Crippen LogP contribution is 2.30. The van der Waals surface area contributed by atoms with Crippen molar-refractivity contribution in [2.75, 3.05) is 10.6 Å². The van der Waals surface area contributed by atoms with Crippen LogP contribution in [0.5, 0.6) is 5.88 Å². The quantitative estimate of drug-likeness (QED) is 0.681. The Labute approximate surface area is 150 Å². The summed E-state index contributed by atoms with van der Waals surface area (Å²) in [6, 6.07) is 8.83. The number of carbonyl (C=O) groups is 1. The number of benzene rings is 1. The van der Waals surface area contributed by atoms with Crippen molar-refractivity contribution in [3.05, 3.63) is 58.5 Å². The van der Waals surface area contributed by atoms with Gasteiger partial charge in [-0.3, -0.25) is 14.9 Å². The molecule has 0 fully saturated rings. The van der Waals surface area contributed by atoms with Crippen LogP contribution in [0.1, 0.15) is 10.4 Å². The van der Waals surface area contributed by atoms with Gasteiger partial charge in [0, 0.05) is 23.1 Å². The number of pyridine rings is 1. The summed E-state index contributed by atoms with van der Waals surface area (Å²) in [5.41, 5.74) is 0.346. The molecule has 1 amide bonds. The SMILES string of the molecule is O=C(Nc1ncccn1)c1c2n(c3ccccc3c1=O)CC(CBr)O2. The highest BCUT2D eigenvalue weighted by Gasteiger charge is 2.31. The molecule has 0 saturated carbocycles. The molecule has 0 aliphatic carbocycles. The Morgan fingerprint density at radius 2 is 2.04 bits per heavy atom. The molecule has 0 saturated heterocycles. The summed E-state index contributed by atoms with van der Waals surface area (Å²) in [4.78, 5) is 33.6. The highest BCUT2D eigenvalue weighted by atomic mass is 79.9. The van der Waals surface area contributed by atoms with Crippen LogP contribution in [0.15, 0.2) is 47.5 Å². The molecule has 1 aromatic carbocycles. The van der Waals surface area contributed by atoms with Gasteiger partial charge in [0.05, 0.1) is 12.1 Å².